The van der Waals surface area contributed by atoms with Gasteiger partial charge in [0.15, 0.2) is 0 Å². The van der Waals surface area contributed by atoms with Crippen molar-refractivity contribution in [1.29, 1.82) is 0 Å². The van der Waals surface area contributed by atoms with E-state index in [9.17, 15) is 8.42 Å². The van der Waals surface area contributed by atoms with E-state index in [0.29, 0.717) is 0 Å². The molecule has 0 aromatic heterocycles. The minimum absolute atomic E-state index is 0.173. The summed E-state index contributed by atoms with van der Waals surface area (Å²) in [4.78, 5) is 0. The van der Waals surface area contributed by atoms with E-state index in [2.05, 4.69) is 32.9 Å². The fourth-order valence-electron chi connectivity index (χ4n) is 3.74. The summed E-state index contributed by atoms with van der Waals surface area (Å²) in [6.45, 7) is 7.06. The second-order valence-electron chi connectivity index (χ2n) is 7.72. The number of benzene rings is 1. The molecule has 0 saturated carbocycles. The van der Waals surface area contributed by atoms with E-state index in [-0.39, 0.29) is 6.61 Å². The van der Waals surface area contributed by atoms with Crippen LogP contribution in [-0.4, -0.2) is 33.1 Å². The van der Waals surface area contributed by atoms with E-state index in [1.807, 2.05) is 12.1 Å². The van der Waals surface area contributed by atoms with Crippen molar-refractivity contribution in [3.05, 3.63) is 35.4 Å². The van der Waals surface area contributed by atoms with E-state index in [0.717, 1.165) is 11.8 Å². The first-order chi connectivity index (χ1) is 12.4. The van der Waals surface area contributed by atoms with Gasteiger partial charge >= 0.3 is 166 Å². The van der Waals surface area contributed by atoms with Crippen LogP contribution in [0.2, 0.25) is 13.3 Å². The predicted molar refractivity (Wildman–Crippen MR) is 115 cm³/mol. The van der Waals surface area contributed by atoms with Crippen LogP contribution in [0.4, 0.5) is 0 Å². The third kappa shape index (κ3) is 9.22. The zero-order valence-corrected chi connectivity index (χ0v) is 20.9. The number of rotatable bonds is 14. The van der Waals surface area contributed by atoms with Gasteiger partial charge in [0.2, 0.25) is 0 Å². The average molecular weight is 489 g/mol. The van der Waals surface area contributed by atoms with Crippen molar-refractivity contribution < 1.29 is 12.6 Å². The molecule has 3 nitrogen and oxygen atoms in total. The van der Waals surface area contributed by atoms with Crippen LogP contribution in [-0.2, 0) is 25.3 Å². The molecule has 150 valence electrons. The van der Waals surface area contributed by atoms with Crippen molar-refractivity contribution >= 4 is 28.5 Å². The molecule has 0 amide bonds. The summed E-state index contributed by atoms with van der Waals surface area (Å²) >= 11 is -2.30. The molecule has 1 rings (SSSR count). The second-order valence-corrected chi connectivity index (χ2v) is 23.2. The van der Waals surface area contributed by atoms with Crippen LogP contribution in [0.3, 0.4) is 0 Å². The molecule has 0 fully saturated rings. The average Bonchev–Trinajstić information content (AvgIpc) is 2.61. The summed E-state index contributed by atoms with van der Waals surface area (Å²) in [5.41, 5.74) is 2.40. The van der Waals surface area contributed by atoms with Crippen molar-refractivity contribution in [2.24, 2.45) is 0 Å². The molecule has 5 heteroatoms. The van der Waals surface area contributed by atoms with Crippen LogP contribution in [0.15, 0.2) is 24.3 Å². The fraction of sp³-hybridized carbons (Fsp3) is 0.714. The Bertz CT molecular complexity index is 592. The third-order valence-corrected chi connectivity index (χ3v) is 21.2. The molecule has 0 spiro atoms. The molecule has 1 aromatic rings. The molecule has 0 aliphatic rings. The van der Waals surface area contributed by atoms with Gasteiger partial charge in [-0.15, -0.1) is 0 Å². The van der Waals surface area contributed by atoms with Crippen molar-refractivity contribution in [3.63, 3.8) is 0 Å². The Kier molecular flexibility index (Phi) is 11.4. The summed E-state index contributed by atoms with van der Waals surface area (Å²) in [5, 5.41) is 0. The Morgan fingerprint density at radius 1 is 0.846 bits per heavy atom. The normalized spacial score (nSPS) is 12.5. The summed E-state index contributed by atoms with van der Waals surface area (Å²) in [6, 6.07) is 8.33. The van der Waals surface area contributed by atoms with E-state index in [1.165, 1.54) is 61.8 Å². The van der Waals surface area contributed by atoms with Gasteiger partial charge < -0.3 is 0 Å². The van der Waals surface area contributed by atoms with Crippen LogP contribution in [0, 0.1) is 0 Å². The van der Waals surface area contributed by atoms with Crippen LogP contribution in [0.1, 0.15) is 70.4 Å². The summed E-state index contributed by atoms with van der Waals surface area (Å²) in [5.74, 6) is 0. The number of unbranched alkanes of at least 4 members (excludes halogenated alkanes) is 3. The molecule has 0 saturated heterocycles. The van der Waals surface area contributed by atoms with Crippen molar-refractivity contribution in [3.8, 4) is 0 Å². The maximum absolute atomic E-state index is 11.4. The first-order valence-corrected chi connectivity index (χ1v) is 20.2. The topological polar surface area (TPSA) is 43.4 Å². The molecule has 0 heterocycles. The van der Waals surface area contributed by atoms with Crippen molar-refractivity contribution in [2.45, 2.75) is 83.6 Å². The van der Waals surface area contributed by atoms with Crippen LogP contribution in [0.5, 0.6) is 0 Å². The van der Waals surface area contributed by atoms with E-state index in [1.54, 1.807) is 0 Å². The number of hydrogen-bond donors (Lipinski definition) is 0. The molecule has 0 bridgehead atoms. The van der Waals surface area contributed by atoms with Gasteiger partial charge in [0.05, 0.1) is 0 Å². The molecular formula is C21H38O3SSn. The molecule has 0 atom stereocenters. The van der Waals surface area contributed by atoms with Gasteiger partial charge in [-0.3, -0.25) is 0 Å². The van der Waals surface area contributed by atoms with E-state index >= 15 is 0 Å². The van der Waals surface area contributed by atoms with Gasteiger partial charge in [0, 0.05) is 0 Å². The fourth-order valence-corrected chi connectivity index (χ4v) is 20.5. The van der Waals surface area contributed by atoms with Gasteiger partial charge in [0.25, 0.3) is 0 Å². The van der Waals surface area contributed by atoms with Crippen LogP contribution in [0.25, 0.3) is 0 Å². The first kappa shape index (κ1) is 24.0. The SMILES string of the molecule is CCC[CH2][Sn]([CH2]CCC)([CH2]CCC)[CH2]c1ccccc1COS(C)(=O)=O. The Balaban J connectivity index is 3.07. The zero-order valence-electron chi connectivity index (χ0n) is 17.2. The van der Waals surface area contributed by atoms with E-state index in [4.69, 9.17) is 4.18 Å². The third-order valence-electron chi connectivity index (χ3n) is 5.29. The Morgan fingerprint density at radius 3 is 1.73 bits per heavy atom. The monoisotopic (exact) mass is 490 g/mol. The van der Waals surface area contributed by atoms with Gasteiger partial charge in [-0.25, -0.2) is 0 Å². The van der Waals surface area contributed by atoms with E-state index < -0.39 is 28.5 Å². The van der Waals surface area contributed by atoms with Gasteiger partial charge in [-0.2, -0.15) is 0 Å². The summed E-state index contributed by atoms with van der Waals surface area (Å²) in [6.07, 6.45) is 9.01. The standard InChI is InChI=1S/C9H11O3S.3C4H9.Sn/c1-8-5-3-4-6-9(8)7-12-13(2,10)11;3*1-3-4-2;/h3-6H,1,7H2,2H3;3*1,3-4H2,2H3;. The molecule has 1 aromatic carbocycles. The minimum atomic E-state index is -3.41. The zero-order chi connectivity index (χ0) is 19.5. The quantitative estimate of drug-likeness (QED) is 0.235. The Labute approximate surface area is 165 Å². The molecule has 0 aliphatic heterocycles. The summed E-state index contributed by atoms with van der Waals surface area (Å²) in [7, 11) is -3.41. The van der Waals surface area contributed by atoms with Crippen LogP contribution < -0.4 is 0 Å². The Hall–Kier alpha value is -0.0713. The van der Waals surface area contributed by atoms with Crippen molar-refractivity contribution in [1.82, 2.24) is 0 Å². The molecule has 0 N–H and O–H groups in total. The van der Waals surface area contributed by atoms with Crippen LogP contribution >= 0.6 is 0 Å². The van der Waals surface area contributed by atoms with Gasteiger partial charge in [-0.1, -0.05) is 0 Å². The molecular weight excluding hydrogens is 451 g/mol. The second kappa shape index (κ2) is 12.4. The molecule has 0 radical (unpaired) electrons. The molecule has 26 heavy (non-hydrogen) atoms. The predicted octanol–water partition coefficient (Wildman–Crippen LogP) is 6.09. The Morgan fingerprint density at radius 2 is 1.31 bits per heavy atom. The molecule has 0 aliphatic carbocycles. The number of hydrogen-bond acceptors (Lipinski definition) is 3. The maximum atomic E-state index is 11.4. The summed E-state index contributed by atoms with van der Waals surface area (Å²) < 4.78 is 33.6. The van der Waals surface area contributed by atoms with Gasteiger partial charge in [0.1, 0.15) is 0 Å². The van der Waals surface area contributed by atoms with Crippen molar-refractivity contribution in [2.75, 3.05) is 6.26 Å². The molecule has 0 unspecified atom stereocenters. The van der Waals surface area contributed by atoms with Gasteiger partial charge in [-0.05, 0) is 0 Å². The first-order valence-electron chi connectivity index (χ1n) is 10.3.